The lowest BCUT2D eigenvalue weighted by molar-refractivity contribution is -0.123. The molecule has 19 heavy (non-hydrogen) atoms. The van der Waals surface area contributed by atoms with E-state index in [1.807, 2.05) is 25.1 Å². The van der Waals surface area contributed by atoms with Gasteiger partial charge in [-0.05, 0) is 31.3 Å². The van der Waals surface area contributed by atoms with Crippen molar-refractivity contribution in [3.63, 3.8) is 0 Å². The fourth-order valence-electron chi connectivity index (χ4n) is 1.70. The lowest BCUT2D eigenvalue weighted by atomic mass is 10.2. The van der Waals surface area contributed by atoms with Crippen molar-refractivity contribution in [2.24, 2.45) is 5.73 Å². The molecule has 0 bridgehead atoms. The Kier molecular flexibility index (Phi) is 3.96. The molecule has 7 heteroatoms. The molecule has 0 unspecified atom stereocenters. The van der Waals surface area contributed by atoms with E-state index in [4.69, 9.17) is 22.5 Å². The van der Waals surface area contributed by atoms with Crippen molar-refractivity contribution in [2.45, 2.75) is 13.3 Å². The van der Waals surface area contributed by atoms with E-state index in [-0.39, 0.29) is 17.4 Å². The summed E-state index contributed by atoms with van der Waals surface area (Å²) >= 11 is 4.81. The molecule has 1 aromatic carbocycles. The van der Waals surface area contributed by atoms with Gasteiger partial charge in [0.25, 0.3) is 0 Å². The maximum Gasteiger partial charge on any atom is 0.244 e. The Hall–Kier alpha value is -2.15. The summed E-state index contributed by atoms with van der Waals surface area (Å²) in [5.74, 6) is -0.242. The minimum Gasteiger partial charge on any atom is -0.375 e. The lowest BCUT2D eigenvalue weighted by Gasteiger charge is -2.21. The maximum absolute atomic E-state index is 11.9. The molecule has 0 aliphatic heterocycles. The molecule has 0 atom stereocenters. The molecule has 0 aliphatic rings. The van der Waals surface area contributed by atoms with Gasteiger partial charge in [-0.15, -0.1) is 0 Å². The van der Waals surface area contributed by atoms with Crippen LogP contribution in [0.4, 0.5) is 0 Å². The number of aromatic nitrogens is 1. The van der Waals surface area contributed by atoms with Gasteiger partial charge in [0.05, 0.1) is 6.42 Å². The number of hydrogen-bond acceptors (Lipinski definition) is 4. The maximum atomic E-state index is 11.9. The minimum absolute atomic E-state index is 0.107. The standard InChI is InChI=1S/C12H14N4O2S/c1-2-16(12(13)19)14-11(17)7-9-8-5-3-4-6-10(8)18-15-9/h3-6H,2,7H2,1H3,(H2,13,19)(H,14,17). The molecule has 100 valence electrons. The number of carbonyl (C=O) groups is 1. The Morgan fingerprint density at radius 2 is 2.26 bits per heavy atom. The predicted octanol–water partition coefficient (Wildman–Crippen LogP) is 0.967. The Balaban J connectivity index is 2.09. The second-order valence-electron chi connectivity index (χ2n) is 3.92. The van der Waals surface area contributed by atoms with Gasteiger partial charge in [-0.1, -0.05) is 17.3 Å². The SMILES string of the molecule is CCN(NC(=O)Cc1noc2ccccc12)C(N)=S. The number of fused-ring (bicyclic) bond motifs is 1. The molecule has 0 fully saturated rings. The molecule has 0 spiro atoms. The summed E-state index contributed by atoms with van der Waals surface area (Å²) in [7, 11) is 0. The van der Waals surface area contributed by atoms with E-state index in [1.54, 1.807) is 6.07 Å². The normalized spacial score (nSPS) is 10.4. The average Bonchev–Trinajstić information content (AvgIpc) is 2.79. The molecular formula is C12H14N4O2S. The van der Waals surface area contributed by atoms with Crippen molar-refractivity contribution in [3.8, 4) is 0 Å². The van der Waals surface area contributed by atoms with E-state index < -0.39 is 0 Å². The highest BCUT2D eigenvalue weighted by Crippen LogP contribution is 2.17. The number of carbonyl (C=O) groups excluding carboxylic acids is 1. The molecule has 2 aromatic rings. The van der Waals surface area contributed by atoms with Crippen LogP contribution in [0.15, 0.2) is 28.8 Å². The van der Waals surface area contributed by atoms with Crippen LogP contribution >= 0.6 is 12.2 Å². The van der Waals surface area contributed by atoms with E-state index >= 15 is 0 Å². The van der Waals surface area contributed by atoms with Crippen LogP contribution in [0.25, 0.3) is 11.0 Å². The van der Waals surface area contributed by atoms with Gasteiger partial charge in [-0.3, -0.25) is 15.2 Å². The highest BCUT2D eigenvalue weighted by atomic mass is 32.1. The van der Waals surface area contributed by atoms with Gasteiger partial charge in [0.1, 0.15) is 5.69 Å². The minimum atomic E-state index is -0.242. The number of para-hydroxylation sites is 1. The summed E-state index contributed by atoms with van der Waals surface area (Å²) in [6, 6.07) is 7.38. The van der Waals surface area contributed by atoms with Crippen LogP contribution in [0.1, 0.15) is 12.6 Å². The van der Waals surface area contributed by atoms with Crippen molar-refractivity contribution < 1.29 is 9.32 Å². The first-order chi connectivity index (χ1) is 9.11. The monoisotopic (exact) mass is 278 g/mol. The smallest absolute Gasteiger partial charge is 0.244 e. The van der Waals surface area contributed by atoms with Crippen molar-refractivity contribution in [2.75, 3.05) is 6.54 Å². The Morgan fingerprint density at radius 3 is 2.95 bits per heavy atom. The number of thiocarbonyl (C=S) groups is 1. The summed E-state index contributed by atoms with van der Waals surface area (Å²) in [4.78, 5) is 11.9. The zero-order valence-electron chi connectivity index (χ0n) is 10.4. The van der Waals surface area contributed by atoms with Gasteiger partial charge < -0.3 is 10.3 Å². The van der Waals surface area contributed by atoms with Gasteiger partial charge in [-0.25, -0.2) is 0 Å². The van der Waals surface area contributed by atoms with Crippen LogP contribution in [0, 0.1) is 0 Å². The van der Waals surface area contributed by atoms with Crippen LogP contribution in [-0.4, -0.2) is 27.7 Å². The van der Waals surface area contributed by atoms with Gasteiger partial charge in [0.15, 0.2) is 10.7 Å². The zero-order valence-corrected chi connectivity index (χ0v) is 11.2. The first-order valence-corrected chi connectivity index (χ1v) is 6.22. The fourth-order valence-corrected chi connectivity index (χ4v) is 1.87. The molecule has 0 saturated carbocycles. The lowest BCUT2D eigenvalue weighted by Crippen LogP contribution is -2.48. The molecule has 2 rings (SSSR count). The number of nitrogens with one attached hydrogen (secondary N) is 1. The van der Waals surface area contributed by atoms with Gasteiger partial charge in [-0.2, -0.15) is 0 Å². The van der Waals surface area contributed by atoms with E-state index in [0.29, 0.717) is 17.8 Å². The molecular weight excluding hydrogens is 264 g/mol. The fraction of sp³-hybridized carbons (Fsp3) is 0.250. The van der Waals surface area contributed by atoms with E-state index in [9.17, 15) is 4.79 Å². The van der Waals surface area contributed by atoms with Crippen molar-refractivity contribution in [1.29, 1.82) is 0 Å². The number of hydrogen-bond donors (Lipinski definition) is 2. The summed E-state index contributed by atoms with van der Waals surface area (Å²) in [6.45, 7) is 2.34. The van der Waals surface area contributed by atoms with Gasteiger partial charge >= 0.3 is 0 Å². The molecule has 3 N–H and O–H groups in total. The first kappa shape index (κ1) is 13.3. The van der Waals surface area contributed by atoms with Crippen LogP contribution in [0.5, 0.6) is 0 Å². The quantitative estimate of drug-likeness (QED) is 0.643. The first-order valence-electron chi connectivity index (χ1n) is 5.81. The molecule has 1 amide bonds. The Labute approximate surface area is 115 Å². The average molecular weight is 278 g/mol. The second-order valence-corrected chi connectivity index (χ2v) is 4.34. The van der Waals surface area contributed by atoms with E-state index in [0.717, 1.165) is 5.39 Å². The van der Waals surface area contributed by atoms with Crippen molar-refractivity contribution in [1.82, 2.24) is 15.6 Å². The van der Waals surface area contributed by atoms with Gasteiger partial charge in [0, 0.05) is 11.9 Å². The number of nitrogens with zero attached hydrogens (tertiary/aromatic N) is 2. The topological polar surface area (TPSA) is 84.4 Å². The molecule has 1 heterocycles. The molecule has 0 radical (unpaired) electrons. The molecule has 0 saturated heterocycles. The summed E-state index contributed by atoms with van der Waals surface area (Å²) < 4.78 is 5.13. The van der Waals surface area contributed by atoms with Crippen LogP contribution in [-0.2, 0) is 11.2 Å². The third kappa shape index (κ3) is 3.00. The highest BCUT2D eigenvalue weighted by molar-refractivity contribution is 7.80. The molecule has 0 aliphatic carbocycles. The summed E-state index contributed by atoms with van der Waals surface area (Å²) in [5.41, 5.74) is 9.33. The number of amides is 1. The largest absolute Gasteiger partial charge is 0.375 e. The van der Waals surface area contributed by atoms with Crippen molar-refractivity contribution >= 4 is 34.2 Å². The van der Waals surface area contributed by atoms with Crippen molar-refractivity contribution in [3.05, 3.63) is 30.0 Å². The zero-order chi connectivity index (χ0) is 13.8. The second kappa shape index (κ2) is 5.66. The molecule has 1 aromatic heterocycles. The number of nitrogens with two attached hydrogens (primary N) is 1. The Morgan fingerprint density at radius 1 is 1.53 bits per heavy atom. The van der Waals surface area contributed by atoms with E-state index in [1.165, 1.54) is 5.01 Å². The summed E-state index contributed by atoms with van der Waals surface area (Å²) in [5, 5.41) is 6.25. The predicted molar refractivity (Wildman–Crippen MR) is 75.0 cm³/mol. The Bertz CT molecular complexity index is 611. The number of hydrazine groups is 1. The third-order valence-electron chi connectivity index (χ3n) is 2.62. The van der Waals surface area contributed by atoms with Crippen LogP contribution < -0.4 is 11.2 Å². The number of rotatable bonds is 3. The summed E-state index contributed by atoms with van der Waals surface area (Å²) in [6.07, 6.45) is 0.107. The highest BCUT2D eigenvalue weighted by Gasteiger charge is 2.14. The number of benzene rings is 1. The van der Waals surface area contributed by atoms with Gasteiger partial charge in [0.2, 0.25) is 5.91 Å². The van der Waals surface area contributed by atoms with Crippen LogP contribution in [0.3, 0.4) is 0 Å². The van der Waals surface area contributed by atoms with E-state index in [2.05, 4.69) is 10.6 Å². The van der Waals surface area contributed by atoms with Crippen LogP contribution in [0.2, 0.25) is 0 Å². The third-order valence-corrected chi connectivity index (χ3v) is 2.84. The molecule has 6 nitrogen and oxygen atoms in total.